The summed E-state index contributed by atoms with van der Waals surface area (Å²) >= 11 is 5.90. The van der Waals surface area contributed by atoms with Crippen LogP contribution in [0, 0.1) is 11.7 Å². The topological polar surface area (TPSA) is 140 Å². The van der Waals surface area contributed by atoms with E-state index in [1.54, 1.807) is 18.3 Å². The average molecular weight is 490 g/mol. The largest absolute Gasteiger partial charge is 0.388 e. The van der Waals surface area contributed by atoms with Crippen LogP contribution in [-0.2, 0) is 9.53 Å². The number of nitrogens with one attached hydrogen (secondary N) is 2. The van der Waals surface area contributed by atoms with Crippen molar-refractivity contribution in [3.8, 4) is 0 Å². The number of aromatic nitrogens is 4. The highest BCUT2D eigenvalue weighted by Crippen LogP contribution is 2.37. The predicted molar refractivity (Wildman–Crippen MR) is 124 cm³/mol. The summed E-state index contributed by atoms with van der Waals surface area (Å²) in [6.07, 6.45) is 3.62. The predicted octanol–water partition coefficient (Wildman–Crippen LogP) is 2.75. The number of aliphatic hydroxyl groups excluding tert-OH is 1. The third-order valence-corrected chi connectivity index (χ3v) is 6.67. The standard InChI is InChI=1S/C22H25ClFN7O3/c23-12-3-6-15(14(24)7-12)28-22-29-16-8-26-21(27-17-9-34-10-18(17)32)30-20(16)31(22)13-4-1-11(2-5-13)19(25)33/h3,6-8,11,13,17-18,32H,1-2,4-5,9-10H2,(H2,25,33)(H,28,29)(H,26,27,30)/t11-,13+,17-,18-/m0/s1. The summed E-state index contributed by atoms with van der Waals surface area (Å²) in [4.78, 5) is 25.3. The van der Waals surface area contributed by atoms with E-state index in [1.807, 2.05) is 4.57 Å². The van der Waals surface area contributed by atoms with Gasteiger partial charge in [-0.1, -0.05) is 11.6 Å². The molecule has 0 radical (unpaired) electrons. The fourth-order valence-electron chi connectivity index (χ4n) is 4.57. The van der Waals surface area contributed by atoms with Crippen LogP contribution in [0.5, 0.6) is 0 Å². The molecule has 0 bridgehead atoms. The summed E-state index contributed by atoms with van der Waals surface area (Å²) in [5, 5.41) is 16.5. The van der Waals surface area contributed by atoms with Crippen molar-refractivity contribution in [2.24, 2.45) is 11.7 Å². The Balaban J connectivity index is 1.51. The van der Waals surface area contributed by atoms with E-state index in [1.165, 1.54) is 6.07 Å². The van der Waals surface area contributed by atoms with Crippen LogP contribution < -0.4 is 16.4 Å². The first-order valence-electron chi connectivity index (χ1n) is 11.2. The summed E-state index contributed by atoms with van der Waals surface area (Å²) in [6, 6.07) is 4.02. The molecule has 1 aliphatic carbocycles. The van der Waals surface area contributed by atoms with Crippen molar-refractivity contribution in [1.82, 2.24) is 19.5 Å². The number of amides is 1. The Hall–Kier alpha value is -3.02. The Morgan fingerprint density at radius 3 is 2.71 bits per heavy atom. The smallest absolute Gasteiger partial charge is 0.225 e. The van der Waals surface area contributed by atoms with Crippen LogP contribution in [0.1, 0.15) is 31.7 Å². The van der Waals surface area contributed by atoms with E-state index in [0.29, 0.717) is 60.4 Å². The van der Waals surface area contributed by atoms with Crippen molar-refractivity contribution < 1.29 is 19.0 Å². The number of halogens is 2. The first-order chi connectivity index (χ1) is 16.4. The van der Waals surface area contributed by atoms with E-state index in [4.69, 9.17) is 22.1 Å². The molecule has 34 heavy (non-hydrogen) atoms. The number of primary amides is 1. The van der Waals surface area contributed by atoms with Crippen LogP contribution in [-0.4, -0.2) is 55.9 Å². The Labute approximate surface area is 199 Å². The average Bonchev–Trinajstić information content (AvgIpc) is 3.38. The van der Waals surface area contributed by atoms with Crippen LogP contribution in [0.25, 0.3) is 11.2 Å². The van der Waals surface area contributed by atoms with E-state index in [0.717, 1.165) is 0 Å². The third kappa shape index (κ3) is 4.50. The number of nitrogens with two attached hydrogens (primary N) is 1. The van der Waals surface area contributed by atoms with Crippen LogP contribution >= 0.6 is 11.6 Å². The minimum Gasteiger partial charge on any atom is -0.388 e. The molecule has 12 heteroatoms. The summed E-state index contributed by atoms with van der Waals surface area (Å²) in [5.41, 5.74) is 6.83. The Kier molecular flexibility index (Phi) is 6.24. The molecule has 1 amide bonds. The maximum Gasteiger partial charge on any atom is 0.225 e. The number of ether oxygens (including phenoxy) is 1. The lowest BCUT2D eigenvalue weighted by molar-refractivity contribution is -0.122. The quantitative estimate of drug-likeness (QED) is 0.414. The Morgan fingerprint density at radius 1 is 1.24 bits per heavy atom. The van der Waals surface area contributed by atoms with Gasteiger partial charge in [-0.05, 0) is 43.9 Å². The van der Waals surface area contributed by atoms with Crippen LogP contribution in [0.4, 0.5) is 22.0 Å². The minimum absolute atomic E-state index is 0.0263. The van der Waals surface area contributed by atoms with E-state index in [9.17, 15) is 14.3 Å². The van der Waals surface area contributed by atoms with Gasteiger partial charge in [-0.15, -0.1) is 0 Å². The number of carbonyl (C=O) groups is 1. The number of rotatable bonds is 6. The van der Waals surface area contributed by atoms with Crippen molar-refractivity contribution in [2.75, 3.05) is 23.8 Å². The van der Waals surface area contributed by atoms with Gasteiger partial charge in [-0.2, -0.15) is 4.98 Å². The molecule has 1 saturated carbocycles. The number of nitrogens with zero attached hydrogens (tertiary/aromatic N) is 4. The molecule has 2 atom stereocenters. The summed E-state index contributed by atoms with van der Waals surface area (Å²) in [5.74, 6) is -0.214. The van der Waals surface area contributed by atoms with Crippen LogP contribution in [0.15, 0.2) is 24.4 Å². The number of fused-ring (bicyclic) bond motifs is 1. The lowest BCUT2D eigenvalue weighted by atomic mass is 9.85. The van der Waals surface area contributed by atoms with Gasteiger partial charge in [0.25, 0.3) is 0 Å². The van der Waals surface area contributed by atoms with Crippen LogP contribution in [0.3, 0.4) is 0 Å². The highest BCUT2D eigenvalue weighted by molar-refractivity contribution is 6.30. The lowest BCUT2D eigenvalue weighted by Gasteiger charge is -2.29. The molecule has 2 fully saturated rings. The zero-order chi connectivity index (χ0) is 23.8. The van der Waals surface area contributed by atoms with Crippen molar-refractivity contribution in [1.29, 1.82) is 0 Å². The summed E-state index contributed by atoms with van der Waals surface area (Å²) < 4.78 is 21.7. The van der Waals surface area contributed by atoms with Gasteiger partial charge in [0.15, 0.2) is 5.65 Å². The van der Waals surface area contributed by atoms with E-state index < -0.39 is 11.9 Å². The maximum atomic E-state index is 14.5. The van der Waals surface area contributed by atoms with Gasteiger partial charge in [-0.25, -0.2) is 14.4 Å². The minimum atomic E-state index is -0.654. The first kappa shape index (κ1) is 22.8. The SMILES string of the molecule is NC(=O)[C@H]1CC[C@@H](n2c(Nc3ccc(Cl)cc3F)nc3cnc(N[C@H]4COC[C@@H]4O)nc32)CC1. The van der Waals surface area contributed by atoms with Gasteiger partial charge in [0.2, 0.25) is 17.8 Å². The van der Waals surface area contributed by atoms with Crippen LogP contribution in [0.2, 0.25) is 5.02 Å². The molecule has 10 nitrogen and oxygen atoms in total. The highest BCUT2D eigenvalue weighted by Gasteiger charge is 2.30. The second-order valence-electron chi connectivity index (χ2n) is 8.72. The highest BCUT2D eigenvalue weighted by atomic mass is 35.5. The fourth-order valence-corrected chi connectivity index (χ4v) is 4.73. The van der Waals surface area contributed by atoms with Gasteiger partial charge in [0, 0.05) is 17.0 Å². The fraction of sp³-hybridized carbons (Fsp3) is 0.455. The molecule has 2 aromatic heterocycles. The molecule has 0 spiro atoms. The number of anilines is 3. The number of hydrogen-bond donors (Lipinski definition) is 4. The second-order valence-corrected chi connectivity index (χ2v) is 9.16. The number of benzene rings is 1. The monoisotopic (exact) mass is 489 g/mol. The molecule has 3 heterocycles. The molecule has 5 N–H and O–H groups in total. The molecule has 0 unspecified atom stereocenters. The molecule has 180 valence electrons. The van der Waals surface area contributed by atoms with E-state index in [2.05, 4.69) is 25.6 Å². The van der Waals surface area contributed by atoms with Crippen molar-refractivity contribution >= 4 is 46.3 Å². The van der Waals surface area contributed by atoms with Crippen molar-refractivity contribution in [3.05, 3.63) is 35.2 Å². The van der Waals surface area contributed by atoms with Gasteiger partial charge in [0.1, 0.15) is 11.3 Å². The van der Waals surface area contributed by atoms with Gasteiger partial charge in [-0.3, -0.25) is 9.36 Å². The first-order valence-corrected chi connectivity index (χ1v) is 11.6. The Bertz CT molecular complexity index is 1210. The van der Waals surface area contributed by atoms with E-state index >= 15 is 0 Å². The number of carbonyl (C=O) groups excluding carboxylic acids is 1. The number of hydrogen-bond acceptors (Lipinski definition) is 8. The van der Waals surface area contributed by atoms with E-state index in [-0.39, 0.29) is 36.2 Å². The zero-order valence-electron chi connectivity index (χ0n) is 18.2. The summed E-state index contributed by atoms with van der Waals surface area (Å²) in [6.45, 7) is 0.600. The second kappa shape index (κ2) is 9.32. The summed E-state index contributed by atoms with van der Waals surface area (Å²) in [7, 11) is 0. The molecule has 5 rings (SSSR count). The number of aliphatic hydroxyl groups is 1. The molecule has 2 aliphatic rings. The van der Waals surface area contributed by atoms with Gasteiger partial charge in [0.05, 0.1) is 37.2 Å². The normalized spacial score (nSPS) is 24.9. The molecular weight excluding hydrogens is 465 g/mol. The molecular formula is C22H25ClFN7O3. The maximum absolute atomic E-state index is 14.5. The number of imidazole rings is 1. The molecule has 1 aliphatic heterocycles. The molecule has 1 saturated heterocycles. The van der Waals surface area contributed by atoms with Crippen molar-refractivity contribution in [2.45, 2.75) is 43.9 Å². The van der Waals surface area contributed by atoms with Crippen molar-refractivity contribution in [3.63, 3.8) is 0 Å². The lowest BCUT2D eigenvalue weighted by Crippen LogP contribution is -2.32. The zero-order valence-corrected chi connectivity index (χ0v) is 19.0. The van der Waals surface area contributed by atoms with Gasteiger partial charge >= 0.3 is 0 Å². The van der Waals surface area contributed by atoms with Gasteiger partial charge < -0.3 is 26.2 Å². The Morgan fingerprint density at radius 2 is 2.03 bits per heavy atom. The molecule has 3 aromatic rings. The molecule has 1 aromatic carbocycles. The third-order valence-electron chi connectivity index (χ3n) is 6.44.